The van der Waals surface area contributed by atoms with E-state index in [0.717, 1.165) is 44.7 Å². The van der Waals surface area contributed by atoms with Crippen LogP contribution in [0.1, 0.15) is 24.0 Å². The molecule has 0 radical (unpaired) electrons. The van der Waals surface area contributed by atoms with Gasteiger partial charge in [0.2, 0.25) is 0 Å². The van der Waals surface area contributed by atoms with Crippen molar-refractivity contribution >= 4 is 0 Å². The molecule has 0 spiro atoms. The molecule has 0 atom stereocenters. The van der Waals surface area contributed by atoms with Gasteiger partial charge < -0.3 is 15.2 Å². The van der Waals surface area contributed by atoms with Gasteiger partial charge in [0.15, 0.2) is 0 Å². The van der Waals surface area contributed by atoms with Crippen molar-refractivity contribution in [2.45, 2.75) is 26.2 Å². The Morgan fingerprint density at radius 2 is 2.16 bits per heavy atom. The van der Waals surface area contributed by atoms with Crippen LogP contribution in [0.3, 0.4) is 0 Å². The molecule has 19 heavy (non-hydrogen) atoms. The van der Waals surface area contributed by atoms with Crippen molar-refractivity contribution in [3.05, 3.63) is 42.0 Å². The summed E-state index contributed by atoms with van der Waals surface area (Å²) in [6.45, 7) is 8.73. The second-order valence-electron chi connectivity index (χ2n) is 4.75. The van der Waals surface area contributed by atoms with Crippen LogP contribution in [0.4, 0.5) is 0 Å². The van der Waals surface area contributed by atoms with E-state index >= 15 is 0 Å². The standard InChI is InChI=1S/C16H25NO2/c1-3-6-15-13-14(2)7-8-16(15)19-12-5-4-9-17-10-11-18/h3,7-8,13,17-18H,1,4-6,9-12H2,2H3/p+1. The number of unbranched alkanes of at least 4 members (excludes halogenated alkanes) is 1. The van der Waals surface area contributed by atoms with E-state index in [1.165, 1.54) is 11.1 Å². The number of aliphatic hydroxyl groups is 1. The molecule has 3 heteroatoms. The van der Waals surface area contributed by atoms with Crippen LogP contribution in [0.5, 0.6) is 5.75 Å². The molecule has 3 nitrogen and oxygen atoms in total. The van der Waals surface area contributed by atoms with Gasteiger partial charge in [0.25, 0.3) is 0 Å². The van der Waals surface area contributed by atoms with Gasteiger partial charge >= 0.3 is 0 Å². The maximum absolute atomic E-state index is 8.66. The number of allylic oxidation sites excluding steroid dienone is 1. The molecule has 1 rings (SSSR count). The third kappa shape index (κ3) is 6.41. The minimum atomic E-state index is 0.255. The molecule has 0 aliphatic carbocycles. The SMILES string of the molecule is C=CCc1cc(C)ccc1OCCCC[NH2+]CCO. The lowest BCUT2D eigenvalue weighted by Crippen LogP contribution is -2.85. The monoisotopic (exact) mass is 264 g/mol. The fourth-order valence-corrected chi connectivity index (χ4v) is 1.97. The second-order valence-corrected chi connectivity index (χ2v) is 4.75. The van der Waals surface area contributed by atoms with Crippen molar-refractivity contribution in [1.29, 1.82) is 0 Å². The number of benzene rings is 1. The Balaban J connectivity index is 2.30. The molecule has 106 valence electrons. The van der Waals surface area contributed by atoms with E-state index in [0.29, 0.717) is 0 Å². The molecule has 0 fully saturated rings. The summed E-state index contributed by atoms with van der Waals surface area (Å²) in [5, 5.41) is 10.8. The summed E-state index contributed by atoms with van der Waals surface area (Å²) in [5.74, 6) is 0.977. The van der Waals surface area contributed by atoms with Crippen LogP contribution in [0.25, 0.3) is 0 Å². The van der Waals surface area contributed by atoms with E-state index in [-0.39, 0.29) is 6.61 Å². The molecule has 1 aromatic carbocycles. The summed E-state index contributed by atoms with van der Waals surface area (Å²) in [5.41, 5.74) is 2.46. The number of aryl methyl sites for hydroxylation is 1. The van der Waals surface area contributed by atoms with Crippen LogP contribution >= 0.6 is 0 Å². The van der Waals surface area contributed by atoms with Gasteiger partial charge in [0.05, 0.1) is 26.3 Å². The zero-order chi connectivity index (χ0) is 13.9. The molecule has 0 aromatic heterocycles. The van der Waals surface area contributed by atoms with Crippen LogP contribution in [0.2, 0.25) is 0 Å². The Kier molecular flexibility index (Phi) is 7.94. The fraction of sp³-hybridized carbons (Fsp3) is 0.500. The molecule has 0 aliphatic rings. The van der Waals surface area contributed by atoms with Crippen LogP contribution in [-0.4, -0.2) is 31.4 Å². The summed E-state index contributed by atoms with van der Waals surface area (Å²) in [6.07, 6.45) is 4.92. The van der Waals surface area contributed by atoms with Crippen LogP contribution in [0.15, 0.2) is 30.9 Å². The highest BCUT2D eigenvalue weighted by Gasteiger charge is 2.02. The zero-order valence-corrected chi connectivity index (χ0v) is 11.9. The van der Waals surface area contributed by atoms with Crippen molar-refractivity contribution in [2.75, 3.05) is 26.3 Å². The molecule has 0 bridgehead atoms. The molecule has 0 saturated carbocycles. The molecule has 0 amide bonds. The highest BCUT2D eigenvalue weighted by molar-refractivity contribution is 5.38. The maximum Gasteiger partial charge on any atom is 0.122 e. The Morgan fingerprint density at radius 1 is 1.32 bits per heavy atom. The zero-order valence-electron chi connectivity index (χ0n) is 11.9. The van der Waals surface area contributed by atoms with Crippen molar-refractivity contribution in [3.8, 4) is 5.75 Å². The summed E-state index contributed by atoms with van der Waals surface area (Å²) in [7, 11) is 0. The summed E-state index contributed by atoms with van der Waals surface area (Å²) < 4.78 is 5.84. The first-order valence-corrected chi connectivity index (χ1v) is 7.03. The van der Waals surface area contributed by atoms with E-state index in [1.807, 2.05) is 12.1 Å². The molecule has 0 saturated heterocycles. The minimum Gasteiger partial charge on any atom is -0.493 e. The van der Waals surface area contributed by atoms with Crippen LogP contribution in [0, 0.1) is 6.92 Å². The van der Waals surface area contributed by atoms with Crippen LogP contribution < -0.4 is 10.1 Å². The molecule has 0 heterocycles. The quantitative estimate of drug-likeness (QED) is 0.496. The predicted molar refractivity (Wildman–Crippen MR) is 78.6 cm³/mol. The molecular weight excluding hydrogens is 238 g/mol. The fourth-order valence-electron chi connectivity index (χ4n) is 1.97. The van der Waals surface area contributed by atoms with Gasteiger partial charge in [-0.15, -0.1) is 6.58 Å². The average Bonchev–Trinajstić information content (AvgIpc) is 2.40. The number of hydrogen-bond donors (Lipinski definition) is 2. The van der Waals surface area contributed by atoms with E-state index < -0.39 is 0 Å². The first kappa shape index (κ1) is 15.7. The molecule has 0 unspecified atom stereocenters. The molecule has 1 aromatic rings. The third-order valence-corrected chi connectivity index (χ3v) is 2.97. The molecular formula is C16H26NO2+. The lowest BCUT2D eigenvalue weighted by atomic mass is 10.1. The Morgan fingerprint density at radius 3 is 2.89 bits per heavy atom. The maximum atomic E-state index is 8.66. The number of aliphatic hydroxyl groups excluding tert-OH is 1. The number of nitrogens with two attached hydrogens (primary N) is 1. The highest BCUT2D eigenvalue weighted by Crippen LogP contribution is 2.21. The number of quaternary nitrogens is 1. The van der Waals surface area contributed by atoms with Crippen molar-refractivity contribution < 1.29 is 15.2 Å². The normalized spacial score (nSPS) is 10.4. The number of rotatable bonds is 10. The molecule has 3 N–H and O–H groups in total. The number of hydrogen-bond acceptors (Lipinski definition) is 2. The Hall–Kier alpha value is -1.32. The summed E-state index contributed by atoms with van der Waals surface area (Å²) in [6, 6.07) is 6.29. The van der Waals surface area contributed by atoms with Gasteiger partial charge in [-0.3, -0.25) is 0 Å². The van der Waals surface area contributed by atoms with Gasteiger partial charge in [-0.05, 0) is 37.8 Å². The Bertz CT molecular complexity index is 377. The highest BCUT2D eigenvalue weighted by atomic mass is 16.5. The molecule has 0 aliphatic heterocycles. The largest absolute Gasteiger partial charge is 0.493 e. The van der Waals surface area contributed by atoms with Crippen molar-refractivity contribution in [1.82, 2.24) is 0 Å². The van der Waals surface area contributed by atoms with Gasteiger partial charge in [-0.1, -0.05) is 23.8 Å². The first-order chi connectivity index (χ1) is 9.27. The topological polar surface area (TPSA) is 46.1 Å². The first-order valence-electron chi connectivity index (χ1n) is 7.03. The summed E-state index contributed by atoms with van der Waals surface area (Å²) in [4.78, 5) is 0. The average molecular weight is 264 g/mol. The van der Waals surface area contributed by atoms with E-state index in [4.69, 9.17) is 9.84 Å². The van der Waals surface area contributed by atoms with Gasteiger partial charge in [0.1, 0.15) is 5.75 Å². The van der Waals surface area contributed by atoms with Gasteiger partial charge in [-0.2, -0.15) is 0 Å². The van der Waals surface area contributed by atoms with Gasteiger partial charge in [-0.25, -0.2) is 0 Å². The Labute approximate surface area is 116 Å². The van der Waals surface area contributed by atoms with E-state index in [9.17, 15) is 0 Å². The predicted octanol–water partition coefficient (Wildman–Crippen LogP) is 1.44. The summed E-state index contributed by atoms with van der Waals surface area (Å²) >= 11 is 0. The van der Waals surface area contributed by atoms with E-state index in [2.05, 4.69) is 31.0 Å². The minimum absolute atomic E-state index is 0.255. The second kappa shape index (κ2) is 9.59. The smallest absolute Gasteiger partial charge is 0.122 e. The lowest BCUT2D eigenvalue weighted by molar-refractivity contribution is -0.656. The number of ether oxygens (including phenoxy) is 1. The van der Waals surface area contributed by atoms with Crippen LogP contribution in [-0.2, 0) is 6.42 Å². The van der Waals surface area contributed by atoms with Crippen molar-refractivity contribution in [3.63, 3.8) is 0 Å². The van der Waals surface area contributed by atoms with Gasteiger partial charge in [0, 0.05) is 0 Å². The van der Waals surface area contributed by atoms with E-state index in [1.54, 1.807) is 0 Å². The van der Waals surface area contributed by atoms with Crippen molar-refractivity contribution in [2.24, 2.45) is 0 Å². The lowest BCUT2D eigenvalue weighted by Gasteiger charge is -2.11. The third-order valence-electron chi connectivity index (χ3n) is 2.97.